The molecule has 1 aliphatic carbocycles. The van der Waals surface area contributed by atoms with Crippen molar-refractivity contribution < 1.29 is 8.42 Å². The molecular weight excluding hydrogens is 270 g/mol. The van der Waals surface area contributed by atoms with Crippen molar-refractivity contribution in [3.05, 3.63) is 35.9 Å². The summed E-state index contributed by atoms with van der Waals surface area (Å²) in [4.78, 5) is 0. The molecule has 2 rings (SSSR count). The van der Waals surface area contributed by atoms with E-state index in [4.69, 9.17) is 0 Å². The summed E-state index contributed by atoms with van der Waals surface area (Å²) in [6.07, 6.45) is 1.09. The van der Waals surface area contributed by atoms with Crippen molar-refractivity contribution in [3.63, 3.8) is 0 Å². The first-order chi connectivity index (χ1) is 9.37. The molecule has 0 aromatic heterocycles. The van der Waals surface area contributed by atoms with E-state index in [-0.39, 0.29) is 16.9 Å². The Balaban J connectivity index is 1.89. The Labute approximate surface area is 122 Å². The van der Waals surface area contributed by atoms with Crippen LogP contribution < -0.4 is 5.32 Å². The smallest absolute Gasteiger partial charge is 0.151 e. The molecule has 1 saturated carbocycles. The van der Waals surface area contributed by atoms with Crippen LogP contribution in [0.2, 0.25) is 0 Å². The van der Waals surface area contributed by atoms with Gasteiger partial charge in [0.25, 0.3) is 0 Å². The van der Waals surface area contributed by atoms with E-state index in [1.54, 1.807) is 6.92 Å². The lowest BCUT2D eigenvalue weighted by atomic mass is 9.56. The minimum atomic E-state index is -2.86. The van der Waals surface area contributed by atoms with E-state index < -0.39 is 9.84 Å². The highest BCUT2D eigenvalue weighted by Crippen LogP contribution is 2.52. The van der Waals surface area contributed by atoms with Crippen LogP contribution in [0.5, 0.6) is 0 Å². The molecule has 0 amide bonds. The second-order valence-corrected chi connectivity index (χ2v) is 8.74. The molecule has 1 aliphatic rings. The monoisotopic (exact) mass is 295 g/mol. The van der Waals surface area contributed by atoms with Gasteiger partial charge in [-0.2, -0.15) is 0 Å². The van der Waals surface area contributed by atoms with Crippen LogP contribution in [0.4, 0.5) is 0 Å². The van der Waals surface area contributed by atoms with Gasteiger partial charge in [-0.05, 0) is 23.3 Å². The molecule has 1 aromatic rings. The standard InChI is InChI=1S/C16H25NO2S/c1-4-20(18,19)11-10-17-15-12-14(16(15,2)3)13-8-6-5-7-9-13/h5-9,14-15,17H,4,10-12H2,1-3H3/t14-,15-/m1/s1. The number of benzene rings is 1. The van der Waals surface area contributed by atoms with Crippen LogP contribution in [0.1, 0.15) is 38.7 Å². The van der Waals surface area contributed by atoms with Crippen molar-refractivity contribution >= 4 is 9.84 Å². The van der Waals surface area contributed by atoms with Gasteiger partial charge in [0, 0.05) is 18.3 Å². The van der Waals surface area contributed by atoms with Crippen LogP contribution in [0.15, 0.2) is 30.3 Å². The minimum absolute atomic E-state index is 0.178. The highest BCUT2D eigenvalue weighted by molar-refractivity contribution is 7.91. The van der Waals surface area contributed by atoms with Gasteiger partial charge in [0.2, 0.25) is 0 Å². The number of hydrogen-bond donors (Lipinski definition) is 1. The summed E-state index contributed by atoms with van der Waals surface area (Å²) in [5.41, 5.74) is 1.56. The molecule has 0 heterocycles. The van der Waals surface area contributed by atoms with Crippen molar-refractivity contribution in [2.45, 2.75) is 39.2 Å². The maximum absolute atomic E-state index is 11.5. The zero-order valence-electron chi connectivity index (χ0n) is 12.6. The molecule has 0 unspecified atom stereocenters. The van der Waals surface area contributed by atoms with E-state index in [0.29, 0.717) is 18.5 Å². The fourth-order valence-electron chi connectivity index (χ4n) is 3.06. The molecule has 3 nitrogen and oxygen atoms in total. The Bertz CT molecular complexity index is 537. The summed E-state index contributed by atoms with van der Waals surface area (Å²) in [5, 5.41) is 3.42. The van der Waals surface area contributed by atoms with Crippen LogP contribution >= 0.6 is 0 Å². The van der Waals surface area contributed by atoms with E-state index in [1.807, 2.05) is 6.07 Å². The Morgan fingerprint density at radius 3 is 2.45 bits per heavy atom. The molecular formula is C16H25NO2S. The lowest BCUT2D eigenvalue weighted by Gasteiger charge is -2.53. The second kappa shape index (κ2) is 5.86. The second-order valence-electron chi connectivity index (χ2n) is 6.26. The third-order valence-electron chi connectivity index (χ3n) is 4.71. The lowest BCUT2D eigenvalue weighted by molar-refractivity contribution is 0.0708. The fraction of sp³-hybridized carbons (Fsp3) is 0.625. The number of nitrogens with one attached hydrogen (secondary N) is 1. The molecule has 20 heavy (non-hydrogen) atoms. The molecule has 0 radical (unpaired) electrons. The van der Waals surface area contributed by atoms with Crippen LogP contribution in [0.25, 0.3) is 0 Å². The quantitative estimate of drug-likeness (QED) is 0.877. The maximum atomic E-state index is 11.5. The summed E-state index contributed by atoms with van der Waals surface area (Å²) in [7, 11) is -2.86. The third-order valence-corrected chi connectivity index (χ3v) is 6.42. The lowest BCUT2D eigenvalue weighted by Crippen LogP contribution is -2.56. The predicted molar refractivity (Wildman–Crippen MR) is 83.7 cm³/mol. The average molecular weight is 295 g/mol. The molecule has 0 spiro atoms. The first kappa shape index (κ1) is 15.5. The van der Waals surface area contributed by atoms with Crippen LogP contribution in [0, 0.1) is 5.41 Å². The van der Waals surface area contributed by atoms with Crippen molar-refractivity contribution in [1.29, 1.82) is 0 Å². The van der Waals surface area contributed by atoms with Crippen LogP contribution in [0.3, 0.4) is 0 Å². The van der Waals surface area contributed by atoms with E-state index in [1.165, 1.54) is 5.56 Å². The van der Waals surface area contributed by atoms with Gasteiger partial charge < -0.3 is 5.32 Å². The summed E-state index contributed by atoms with van der Waals surface area (Å²) >= 11 is 0. The van der Waals surface area contributed by atoms with Crippen LogP contribution in [-0.2, 0) is 9.84 Å². The van der Waals surface area contributed by atoms with Gasteiger partial charge >= 0.3 is 0 Å². The average Bonchev–Trinajstić information content (AvgIpc) is 2.43. The topological polar surface area (TPSA) is 46.2 Å². The molecule has 4 heteroatoms. The van der Waals surface area contributed by atoms with E-state index in [0.717, 1.165) is 6.42 Å². The van der Waals surface area contributed by atoms with Gasteiger partial charge in [0.1, 0.15) is 0 Å². The Morgan fingerprint density at radius 1 is 1.25 bits per heavy atom. The Morgan fingerprint density at radius 2 is 1.90 bits per heavy atom. The van der Waals surface area contributed by atoms with Crippen molar-refractivity contribution in [3.8, 4) is 0 Å². The first-order valence-electron chi connectivity index (χ1n) is 7.35. The minimum Gasteiger partial charge on any atom is -0.312 e. The summed E-state index contributed by atoms with van der Waals surface area (Å²) in [6, 6.07) is 11.0. The SMILES string of the molecule is CCS(=O)(=O)CCN[C@@H]1C[C@H](c2ccccc2)C1(C)C. The number of hydrogen-bond acceptors (Lipinski definition) is 3. The fourth-order valence-corrected chi connectivity index (χ4v) is 3.77. The molecule has 0 bridgehead atoms. The predicted octanol–water partition coefficient (Wildman–Crippen LogP) is 2.59. The molecule has 0 aliphatic heterocycles. The van der Waals surface area contributed by atoms with E-state index in [2.05, 4.69) is 43.4 Å². The number of rotatable bonds is 6. The van der Waals surface area contributed by atoms with E-state index >= 15 is 0 Å². The highest BCUT2D eigenvalue weighted by Gasteiger charge is 2.48. The maximum Gasteiger partial charge on any atom is 0.151 e. The van der Waals surface area contributed by atoms with E-state index in [9.17, 15) is 8.42 Å². The molecule has 2 atom stereocenters. The number of sulfone groups is 1. The summed E-state index contributed by atoms with van der Waals surface area (Å²) < 4.78 is 23.0. The molecule has 0 saturated heterocycles. The molecule has 1 N–H and O–H groups in total. The highest BCUT2D eigenvalue weighted by atomic mass is 32.2. The Kier molecular flexibility index (Phi) is 4.55. The zero-order valence-corrected chi connectivity index (χ0v) is 13.4. The molecule has 1 aromatic carbocycles. The van der Waals surface area contributed by atoms with Gasteiger partial charge in [-0.1, -0.05) is 51.1 Å². The van der Waals surface area contributed by atoms with Gasteiger partial charge in [0.05, 0.1) is 5.75 Å². The molecule has 1 fully saturated rings. The summed E-state index contributed by atoms with van der Waals surface area (Å²) in [5.74, 6) is 1.03. The van der Waals surface area contributed by atoms with Crippen molar-refractivity contribution in [1.82, 2.24) is 5.32 Å². The van der Waals surface area contributed by atoms with Crippen molar-refractivity contribution in [2.24, 2.45) is 5.41 Å². The largest absolute Gasteiger partial charge is 0.312 e. The van der Waals surface area contributed by atoms with Crippen molar-refractivity contribution in [2.75, 3.05) is 18.1 Å². The first-order valence-corrected chi connectivity index (χ1v) is 9.17. The zero-order chi connectivity index (χ0) is 14.8. The third kappa shape index (κ3) is 3.23. The van der Waals surface area contributed by atoms with Crippen LogP contribution in [-0.4, -0.2) is 32.5 Å². The normalized spacial score (nSPS) is 25.1. The van der Waals surface area contributed by atoms with Gasteiger partial charge in [0.15, 0.2) is 9.84 Å². The molecule has 112 valence electrons. The Hall–Kier alpha value is -0.870. The summed E-state index contributed by atoms with van der Waals surface area (Å²) in [6.45, 7) is 6.79. The van der Waals surface area contributed by atoms with Gasteiger partial charge in [-0.25, -0.2) is 8.42 Å². The van der Waals surface area contributed by atoms with Gasteiger partial charge in [-0.3, -0.25) is 0 Å². The van der Waals surface area contributed by atoms with Gasteiger partial charge in [-0.15, -0.1) is 0 Å².